The average Bonchev–Trinajstić information content (AvgIpc) is 2.98. The molecule has 2 N–H and O–H groups in total. The molecule has 0 aliphatic heterocycles. The summed E-state index contributed by atoms with van der Waals surface area (Å²) in [5.41, 5.74) is 1.02. The topological polar surface area (TPSA) is 91.2 Å². The van der Waals surface area contributed by atoms with Crippen LogP contribution in [0.2, 0.25) is 0 Å². The molecular formula is C17H15N3O3S. The standard InChI is InChI=1S/C17H15N3O3S/c1-11(21)19-15-6-7-24-16(15)8-12(10-18)17(22)20-13-4-3-5-14(9-13)23-2/h3-9H,1-2H3,(H,19,21)(H,20,22)/b12-8+. The van der Waals surface area contributed by atoms with Crippen LogP contribution in [0.1, 0.15) is 11.8 Å². The highest BCUT2D eigenvalue weighted by Crippen LogP contribution is 2.25. The minimum atomic E-state index is -0.534. The molecule has 0 aliphatic rings. The van der Waals surface area contributed by atoms with Gasteiger partial charge in [0.2, 0.25) is 5.91 Å². The number of thiophene rings is 1. The Morgan fingerprint density at radius 1 is 1.29 bits per heavy atom. The maximum atomic E-state index is 12.3. The molecule has 0 radical (unpaired) electrons. The van der Waals surface area contributed by atoms with E-state index in [0.717, 1.165) is 0 Å². The molecule has 0 fully saturated rings. The van der Waals surface area contributed by atoms with Gasteiger partial charge >= 0.3 is 0 Å². The van der Waals surface area contributed by atoms with Crippen LogP contribution in [-0.2, 0) is 9.59 Å². The maximum absolute atomic E-state index is 12.3. The highest BCUT2D eigenvalue weighted by molar-refractivity contribution is 7.11. The predicted molar refractivity (Wildman–Crippen MR) is 93.8 cm³/mol. The Morgan fingerprint density at radius 3 is 2.75 bits per heavy atom. The van der Waals surface area contributed by atoms with Gasteiger partial charge in [-0.2, -0.15) is 5.26 Å². The van der Waals surface area contributed by atoms with Crippen LogP contribution in [0.5, 0.6) is 5.75 Å². The SMILES string of the molecule is COc1cccc(NC(=O)/C(C#N)=C/c2sccc2NC(C)=O)c1. The Balaban J connectivity index is 2.21. The minimum absolute atomic E-state index is 0.0631. The summed E-state index contributed by atoms with van der Waals surface area (Å²) >= 11 is 1.32. The number of carbonyl (C=O) groups excluding carboxylic acids is 2. The third kappa shape index (κ3) is 4.44. The van der Waals surface area contributed by atoms with Crippen molar-refractivity contribution in [3.8, 4) is 11.8 Å². The maximum Gasteiger partial charge on any atom is 0.266 e. The van der Waals surface area contributed by atoms with E-state index in [1.807, 2.05) is 6.07 Å². The van der Waals surface area contributed by atoms with Crippen molar-refractivity contribution in [3.05, 3.63) is 46.2 Å². The van der Waals surface area contributed by atoms with E-state index in [4.69, 9.17) is 4.74 Å². The van der Waals surface area contributed by atoms with Gasteiger partial charge in [-0.25, -0.2) is 0 Å². The number of benzene rings is 1. The first-order valence-electron chi connectivity index (χ1n) is 6.95. The van der Waals surface area contributed by atoms with Crippen molar-refractivity contribution in [1.29, 1.82) is 5.26 Å². The first-order chi connectivity index (χ1) is 11.5. The molecule has 0 aliphatic carbocycles. The van der Waals surface area contributed by atoms with Crippen LogP contribution >= 0.6 is 11.3 Å². The fraction of sp³-hybridized carbons (Fsp3) is 0.118. The zero-order chi connectivity index (χ0) is 17.5. The summed E-state index contributed by atoms with van der Waals surface area (Å²) in [7, 11) is 1.53. The van der Waals surface area contributed by atoms with Gasteiger partial charge < -0.3 is 15.4 Å². The summed E-state index contributed by atoms with van der Waals surface area (Å²) in [6, 6.07) is 10.4. The van der Waals surface area contributed by atoms with E-state index >= 15 is 0 Å². The lowest BCUT2D eigenvalue weighted by Crippen LogP contribution is -2.13. The van der Waals surface area contributed by atoms with Gasteiger partial charge in [-0.3, -0.25) is 9.59 Å². The van der Waals surface area contributed by atoms with Crippen LogP contribution in [0.3, 0.4) is 0 Å². The van der Waals surface area contributed by atoms with Crippen molar-refractivity contribution >= 4 is 40.6 Å². The lowest BCUT2D eigenvalue weighted by atomic mass is 10.2. The zero-order valence-electron chi connectivity index (χ0n) is 13.1. The highest BCUT2D eigenvalue weighted by atomic mass is 32.1. The normalized spacial score (nSPS) is 10.6. The highest BCUT2D eigenvalue weighted by Gasteiger charge is 2.12. The summed E-state index contributed by atoms with van der Waals surface area (Å²) in [5.74, 6) is -0.156. The molecule has 2 aromatic rings. The third-order valence-corrected chi connectivity index (χ3v) is 3.84. The molecule has 1 heterocycles. The van der Waals surface area contributed by atoms with Crippen LogP contribution < -0.4 is 15.4 Å². The molecule has 1 aromatic carbocycles. The van der Waals surface area contributed by atoms with E-state index in [1.165, 1.54) is 31.4 Å². The second-order valence-corrected chi connectivity index (χ2v) is 5.68. The van der Waals surface area contributed by atoms with Gasteiger partial charge in [-0.1, -0.05) is 6.07 Å². The Labute approximate surface area is 143 Å². The number of nitrogens with zero attached hydrogens (tertiary/aromatic N) is 1. The molecule has 1 aromatic heterocycles. The summed E-state index contributed by atoms with van der Waals surface area (Å²) in [4.78, 5) is 24.1. The lowest BCUT2D eigenvalue weighted by Gasteiger charge is -2.06. The van der Waals surface area contributed by atoms with Gasteiger partial charge in [-0.15, -0.1) is 11.3 Å². The van der Waals surface area contributed by atoms with Crippen LogP contribution in [-0.4, -0.2) is 18.9 Å². The third-order valence-electron chi connectivity index (χ3n) is 2.97. The molecule has 0 saturated heterocycles. The summed E-state index contributed by atoms with van der Waals surface area (Å²) in [6.07, 6.45) is 1.45. The first kappa shape index (κ1) is 17.2. The van der Waals surface area contributed by atoms with Crippen molar-refractivity contribution in [1.82, 2.24) is 0 Å². The van der Waals surface area contributed by atoms with Gasteiger partial charge in [0, 0.05) is 18.7 Å². The van der Waals surface area contributed by atoms with E-state index in [9.17, 15) is 14.9 Å². The van der Waals surface area contributed by atoms with Crippen LogP contribution in [0, 0.1) is 11.3 Å². The number of carbonyl (C=O) groups is 2. The molecule has 0 unspecified atom stereocenters. The number of hydrogen-bond donors (Lipinski definition) is 2. The number of hydrogen-bond acceptors (Lipinski definition) is 5. The Morgan fingerprint density at radius 2 is 2.08 bits per heavy atom. The lowest BCUT2D eigenvalue weighted by molar-refractivity contribution is -0.114. The van der Waals surface area contributed by atoms with Gasteiger partial charge in [0.1, 0.15) is 17.4 Å². The molecule has 24 heavy (non-hydrogen) atoms. The molecule has 0 atom stereocenters. The van der Waals surface area contributed by atoms with Gasteiger partial charge in [0.25, 0.3) is 5.91 Å². The van der Waals surface area contributed by atoms with Gasteiger partial charge in [0.15, 0.2) is 0 Å². The largest absolute Gasteiger partial charge is 0.497 e. The van der Waals surface area contributed by atoms with Crippen molar-refractivity contribution in [3.63, 3.8) is 0 Å². The second-order valence-electron chi connectivity index (χ2n) is 4.74. The number of anilines is 2. The van der Waals surface area contributed by atoms with Gasteiger partial charge in [0.05, 0.1) is 17.7 Å². The molecule has 122 valence electrons. The molecule has 2 amide bonds. The smallest absolute Gasteiger partial charge is 0.266 e. The molecule has 0 saturated carbocycles. The zero-order valence-corrected chi connectivity index (χ0v) is 13.9. The summed E-state index contributed by atoms with van der Waals surface area (Å²) in [5, 5.41) is 16.3. The van der Waals surface area contributed by atoms with E-state index in [2.05, 4.69) is 10.6 Å². The quantitative estimate of drug-likeness (QED) is 0.645. The number of methoxy groups -OCH3 is 1. The number of ether oxygens (including phenoxy) is 1. The Hall–Kier alpha value is -3.11. The first-order valence-corrected chi connectivity index (χ1v) is 7.83. The van der Waals surface area contributed by atoms with E-state index in [1.54, 1.807) is 35.7 Å². The number of amides is 2. The number of nitriles is 1. The van der Waals surface area contributed by atoms with Crippen molar-refractivity contribution in [2.45, 2.75) is 6.92 Å². The minimum Gasteiger partial charge on any atom is -0.497 e. The van der Waals surface area contributed by atoms with Gasteiger partial charge in [-0.05, 0) is 29.7 Å². The second kappa shape index (κ2) is 7.94. The number of nitrogens with one attached hydrogen (secondary N) is 2. The van der Waals surface area contributed by atoms with E-state index in [-0.39, 0.29) is 11.5 Å². The van der Waals surface area contributed by atoms with Crippen LogP contribution in [0.25, 0.3) is 6.08 Å². The molecule has 7 heteroatoms. The van der Waals surface area contributed by atoms with Crippen molar-refractivity contribution < 1.29 is 14.3 Å². The molecule has 2 rings (SSSR count). The fourth-order valence-corrected chi connectivity index (χ4v) is 2.69. The van der Waals surface area contributed by atoms with Crippen LogP contribution in [0.15, 0.2) is 41.3 Å². The van der Waals surface area contributed by atoms with Crippen molar-refractivity contribution in [2.75, 3.05) is 17.7 Å². The molecule has 0 bridgehead atoms. The molecule has 0 spiro atoms. The molecule has 6 nitrogen and oxygen atoms in total. The van der Waals surface area contributed by atoms with E-state index < -0.39 is 5.91 Å². The number of rotatable bonds is 5. The average molecular weight is 341 g/mol. The fourth-order valence-electron chi connectivity index (χ4n) is 1.90. The predicted octanol–water partition coefficient (Wildman–Crippen LogP) is 3.26. The summed E-state index contributed by atoms with van der Waals surface area (Å²) in [6.45, 7) is 1.39. The monoisotopic (exact) mass is 341 g/mol. The Kier molecular flexibility index (Phi) is 5.71. The van der Waals surface area contributed by atoms with Crippen LogP contribution in [0.4, 0.5) is 11.4 Å². The van der Waals surface area contributed by atoms with Crippen molar-refractivity contribution in [2.24, 2.45) is 0 Å². The summed E-state index contributed by atoms with van der Waals surface area (Å²) < 4.78 is 5.09. The molecular weight excluding hydrogens is 326 g/mol. The van der Waals surface area contributed by atoms with E-state index in [0.29, 0.717) is 22.0 Å². The Bertz CT molecular complexity index is 834.